The lowest BCUT2D eigenvalue weighted by Gasteiger charge is -2.04. The van der Waals surface area contributed by atoms with Crippen molar-refractivity contribution >= 4 is 38.3 Å². The van der Waals surface area contributed by atoms with Gasteiger partial charge in [0, 0.05) is 14.9 Å². The van der Waals surface area contributed by atoms with E-state index in [9.17, 15) is 9.18 Å². The molecule has 0 bridgehead atoms. The van der Waals surface area contributed by atoms with Crippen LogP contribution >= 0.6 is 27.3 Å². The van der Waals surface area contributed by atoms with E-state index in [0.717, 1.165) is 16.1 Å². The number of halogens is 2. The van der Waals surface area contributed by atoms with Crippen LogP contribution in [0.2, 0.25) is 0 Å². The number of benzene rings is 2. The summed E-state index contributed by atoms with van der Waals surface area (Å²) in [4.78, 5) is 17.9. The molecule has 1 aromatic heterocycles. The van der Waals surface area contributed by atoms with Crippen molar-refractivity contribution in [1.29, 1.82) is 0 Å². The van der Waals surface area contributed by atoms with Crippen LogP contribution in [0.5, 0.6) is 0 Å². The summed E-state index contributed by atoms with van der Waals surface area (Å²) in [7, 11) is 0. The van der Waals surface area contributed by atoms with Gasteiger partial charge >= 0.3 is 0 Å². The predicted molar refractivity (Wildman–Crippen MR) is 99.1 cm³/mol. The van der Waals surface area contributed by atoms with Gasteiger partial charge in [0.25, 0.3) is 5.91 Å². The van der Waals surface area contributed by atoms with Crippen molar-refractivity contribution in [2.24, 2.45) is 0 Å². The number of carbonyl (C=O) groups excluding carboxylic acids is 1. The number of hydrogen-bond donors (Lipinski definition) is 1. The lowest BCUT2D eigenvalue weighted by molar-refractivity contribution is 0.102. The monoisotopic (exact) mass is 404 g/mol. The first kappa shape index (κ1) is 16.8. The second kappa shape index (κ2) is 6.83. The van der Waals surface area contributed by atoms with Crippen molar-refractivity contribution in [1.82, 2.24) is 4.98 Å². The summed E-state index contributed by atoms with van der Waals surface area (Å²) >= 11 is 4.66. The van der Waals surface area contributed by atoms with Crippen molar-refractivity contribution in [3.05, 3.63) is 68.8 Å². The average Bonchev–Trinajstić information content (AvgIpc) is 2.91. The highest BCUT2D eigenvalue weighted by atomic mass is 79.9. The van der Waals surface area contributed by atoms with Crippen molar-refractivity contribution in [3.63, 3.8) is 0 Å². The summed E-state index contributed by atoms with van der Waals surface area (Å²) < 4.78 is 13.9. The third-order valence-electron chi connectivity index (χ3n) is 3.52. The first-order valence-corrected chi connectivity index (χ1v) is 8.86. The molecule has 3 nitrogen and oxygen atoms in total. The first-order chi connectivity index (χ1) is 11.4. The zero-order chi connectivity index (χ0) is 17.3. The highest BCUT2D eigenvalue weighted by Gasteiger charge is 2.15. The van der Waals surface area contributed by atoms with E-state index in [0.29, 0.717) is 9.60 Å². The first-order valence-electron chi connectivity index (χ1n) is 7.25. The van der Waals surface area contributed by atoms with Crippen LogP contribution in [0.15, 0.2) is 46.9 Å². The summed E-state index contributed by atoms with van der Waals surface area (Å²) in [5.74, 6) is -0.857. The summed E-state index contributed by atoms with van der Waals surface area (Å²) in [6.45, 7) is 3.99. The van der Waals surface area contributed by atoms with E-state index in [2.05, 4.69) is 26.2 Å². The van der Waals surface area contributed by atoms with E-state index in [-0.39, 0.29) is 5.56 Å². The van der Waals surface area contributed by atoms with Gasteiger partial charge in [-0.2, -0.15) is 0 Å². The third-order valence-corrected chi connectivity index (χ3v) is 5.09. The molecular weight excluding hydrogens is 391 g/mol. The summed E-state index contributed by atoms with van der Waals surface area (Å²) in [6, 6.07) is 12.1. The van der Waals surface area contributed by atoms with Gasteiger partial charge in [-0.25, -0.2) is 9.37 Å². The summed E-state index contributed by atoms with van der Waals surface area (Å²) in [6.07, 6.45) is 0. The molecule has 0 aliphatic heterocycles. The fourth-order valence-electron chi connectivity index (χ4n) is 2.27. The number of hydrogen-bond acceptors (Lipinski definition) is 3. The van der Waals surface area contributed by atoms with Crippen LogP contribution in [-0.2, 0) is 0 Å². The molecule has 1 heterocycles. The normalized spacial score (nSPS) is 10.7. The number of aromatic nitrogens is 1. The molecule has 2 aromatic carbocycles. The Bertz CT molecular complexity index is 906. The van der Waals surface area contributed by atoms with Crippen LogP contribution in [0, 0.1) is 19.7 Å². The van der Waals surface area contributed by atoms with E-state index < -0.39 is 11.7 Å². The van der Waals surface area contributed by atoms with Gasteiger partial charge in [-0.3, -0.25) is 10.1 Å². The highest BCUT2D eigenvalue weighted by Crippen LogP contribution is 2.31. The molecular formula is C18H14BrFN2OS. The molecule has 0 radical (unpaired) electrons. The molecule has 0 fully saturated rings. The lowest BCUT2D eigenvalue weighted by atomic mass is 10.1. The number of carbonyl (C=O) groups is 1. The Hall–Kier alpha value is -2.05. The van der Waals surface area contributed by atoms with Crippen LogP contribution < -0.4 is 5.32 Å². The Kier molecular flexibility index (Phi) is 4.78. The predicted octanol–water partition coefficient (Wildman–Crippen LogP) is 5.58. The molecule has 0 unspecified atom stereocenters. The van der Waals surface area contributed by atoms with E-state index >= 15 is 0 Å². The lowest BCUT2D eigenvalue weighted by Crippen LogP contribution is -2.12. The molecule has 1 amide bonds. The fraction of sp³-hybridized carbons (Fsp3) is 0.111. The van der Waals surface area contributed by atoms with Gasteiger partial charge in [0.1, 0.15) is 5.82 Å². The van der Waals surface area contributed by atoms with Gasteiger partial charge in [0.15, 0.2) is 5.13 Å². The molecule has 0 spiro atoms. The summed E-state index contributed by atoms with van der Waals surface area (Å²) in [5.41, 5.74) is 3.26. The molecule has 24 heavy (non-hydrogen) atoms. The van der Waals surface area contributed by atoms with Gasteiger partial charge in [0.2, 0.25) is 0 Å². The van der Waals surface area contributed by atoms with Crippen molar-refractivity contribution in [2.45, 2.75) is 13.8 Å². The Morgan fingerprint density at radius 1 is 1.17 bits per heavy atom. The van der Waals surface area contributed by atoms with E-state index in [1.807, 2.05) is 38.1 Å². The number of rotatable bonds is 3. The van der Waals surface area contributed by atoms with Crippen LogP contribution in [0.3, 0.4) is 0 Å². The van der Waals surface area contributed by atoms with Gasteiger partial charge < -0.3 is 0 Å². The Labute approximate surface area is 151 Å². The maximum Gasteiger partial charge on any atom is 0.258 e. The molecule has 0 saturated carbocycles. The third kappa shape index (κ3) is 3.55. The SMILES string of the molecule is Cc1ccc(-c2nc(NC(=O)c3cc(F)ccc3Br)sc2C)cc1. The number of nitrogens with zero attached hydrogens (tertiary/aromatic N) is 1. The Morgan fingerprint density at radius 3 is 2.58 bits per heavy atom. The molecule has 0 saturated heterocycles. The van der Waals surface area contributed by atoms with Gasteiger partial charge in [-0.05, 0) is 48.0 Å². The van der Waals surface area contributed by atoms with Gasteiger partial charge in [-0.15, -0.1) is 11.3 Å². The molecule has 6 heteroatoms. The molecule has 122 valence electrons. The maximum atomic E-state index is 13.4. The minimum Gasteiger partial charge on any atom is -0.298 e. The minimum absolute atomic E-state index is 0.236. The minimum atomic E-state index is -0.459. The van der Waals surface area contributed by atoms with Gasteiger partial charge in [-0.1, -0.05) is 29.8 Å². The molecule has 0 aliphatic rings. The van der Waals surface area contributed by atoms with Gasteiger partial charge in [0.05, 0.1) is 11.3 Å². The van der Waals surface area contributed by atoms with E-state index in [4.69, 9.17) is 0 Å². The summed E-state index contributed by atoms with van der Waals surface area (Å²) in [5, 5.41) is 3.23. The zero-order valence-electron chi connectivity index (χ0n) is 13.1. The molecule has 1 N–H and O–H groups in total. The number of aryl methyl sites for hydroxylation is 2. The number of amides is 1. The average molecular weight is 405 g/mol. The topological polar surface area (TPSA) is 42.0 Å². The zero-order valence-corrected chi connectivity index (χ0v) is 15.5. The van der Waals surface area contributed by atoms with Crippen molar-refractivity contribution < 1.29 is 9.18 Å². The number of anilines is 1. The molecule has 3 rings (SSSR count). The quantitative estimate of drug-likeness (QED) is 0.618. The smallest absolute Gasteiger partial charge is 0.258 e. The Balaban J connectivity index is 1.86. The molecule has 0 atom stereocenters. The van der Waals surface area contributed by atoms with Crippen LogP contribution in [0.25, 0.3) is 11.3 Å². The van der Waals surface area contributed by atoms with Crippen LogP contribution in [0.1, 0.15) is 20.8 Å². The second-order valence-electron chi connectivity index (χ2n) is 5.37. The second-order valence-corrected chi connectivity index (χ2v) is 7.43. The molecule has 0 aliphatic carbocycles. The van der Waals surface area contributed by atoms with Crippen molar-refractivity contribution in [3.8, 4) is 11.3 Å². The molecule has 3 aromatic rings. The standard InChI is InChI=1S/C18H14BrFN2OS/c1-10-3-5-12(6-4-10)16-11(2)24-18(21-16)22-17(23)14-9-13(20)7-8-15(14)19/h3-9H,1-2H3,(H,21,22,23). The van der Waals surface area contributed by atoms with Crippen LogP contribution in [-0.4, -0.2) is 10.9 Å². The van der Waals surface area contributed by atoms with Crippen molar-refractivity contribution in [2.75, 3.05) is 5.32 Å². The van der Waals surface area contributed by atoms with Crippen LogP contribution in [0.4, 0.5) is 9.52 Å². The fourth-order valence-corrected chi connectivity index (χ4v) is 3.52. The number of nitrogens with one attached hydrogen (secondary N) is 1. The largest absolute Gasteiger partial charge is 0.298 e. The maximum absolute atomic E-state index is 13.4. The van der Waals surface area contributed by atoms with E-state index in [1.54, 1.807) is 0 Å². The van der Waals surface area contributed by atoms with E-state index in [1.165, 1.54) is 35.1 Å². The number of thiazole rings is 1. The Morgan fingerprint density at radius 2 is 1.88 bits per heavy atom. The highest BCUT2D eigenvalue weighted by molar-refractivity contribution is 9.10.